The number of pyridine rings is 1. The van der Waals surface area contributed by atoms with Crippen LogP contribution in [0.3, 0.4) is 0 Å². The largest absolute Gasteiger partial charge is 0.433 e. The van der Waals surface area contributed by atoms with Crippen LogP contribution in [0.2, 0.25) is 0 Å². The summed E-state index contributed by atoms with van der Waals surface area (Å²) in [6.07, 6.45) is 0.134. The lowest BCUT2D eigenvalue weighted by Crippen LogP contribution is -2.34. The Labute approximate surface area is 171 Å². The Balaban J connectivity index is 1.58. The second-order valence-electron chi connectivity index (χ2n) is 7.11. The Morgan fingerprint density at radius 2 is 1.87 bits per heavy atom. The second-order valence-corrected chi connectivity index (χ2v) is 7.11. The molecule has 0 atom stereocenters. The molecule has 0 unspecified atom stereocenters. The minimum Gasteiger partial charge on any atom is -0.394 e. The molecule has 0 aromatic carbocycles. The molecule has 0 aliphatic carbocycles. The lowest BCUT2D eigenvalue weighted by Gasteiger charge is -2.33. The van der Waals surface area contributed by atoms with Gasteiger partial charge in [0.1, 0.15) is 11.5 Å². The molecular formula is C20H21F3N6O. The molecule has 3 aromatic rings. The smallest absolute Gasteiger partial charge is 0.394 e. The van der Waals surface area contributed by atoms with Gasteiger partial charge in [-0.3, -0.25) is 9.67 Å². The molecule has 1 fully saturated rings. The summed E-state index contributed by atoms with van der Waals surface area (Å²) in [4.78, 5) is 14.0. The molecule has 10 heteroatoms. The summed E-state index contributed by atoms with van der Waals surface area (Å²) in [7, 11) is 0. The van der Waals surface area contributed by atoms with Crippen molar-refractivity contribution in [2.24, 2.45) is 0 Å². The van der Waals surface area contributed by atoms with Gasteiger partial charge in [0.25, 0.3) is 0 Å². The van der Waals surface area contributed by atoms with Gasteiger partial charge >= 0.3 is 6.18 Å². The maximum Gasteiger partial charge on any atom is 0.433 e. The fraction of sp³-hybridized carbons (Fsp3) is 0.400. The van der Waals surface area contributed by atoms with Crippen LogP contribution >= 0.6 is 0 Å². The van der Waals surface area contributed by atoms with Gasteiger partial charge < -0.3 is 10.0 Å². The van der Waals surface area contributed by atoms with E-state index in [0.717, 1.165) is 24.6 Å². The molecular weight excluding hydrogens is 397 g/mol. The van der Waals surface area contributed by atoms with E-state index in [0.29, 0.717) is 25.3 Å². The molecule has 158 valence electrons. The zero-order valence-electron chi connectivity index (χ0n) is 16.1. The first-order valence-corrected chi connectivity index (χ1v) is 9.71. The van der Waals surface area contributed by atoms with Gasteiger partial charge in [0.05, 0.1) is 13.2 Å². The quantitative estimate of drug-likeness (QED) is 0.686. The fourth-order valence-corrected chi connectivity index (χ4v) is 3.73. The number of aromatic nitrogens is 5. The van der Waals surface area contributed by atoms with Crippen molar-refractivity contribution in [2.45, 2.75) is 31.5 Å². The van der Waals surface area contributed by atoms with Crippen molar-refractivity contribution in [3.8, 4) is 11.5 Å². The van der Waals surface area contributed by atoms with Crippen LogP contribution in [0, 0.1) is 0 Å². The highest BCUT2D eigenvalue weighted by molar-refractivity contribution is 5.54. The van der Waals surface area contributed by atoms with E-state index in [1.165, 1.54) is 6.20 Å². The highest BCUT2D eigenvalue weighted by Gasteiger charge is 2.35. The third-order valence-electron chi connectivity index (χ3n) is 5.20. The monoisotopic (exact) mass is 418 g/mol. The maximum atomic E-state index is 13.4. The summed E-state index contributed by atoms with van der Waals surface area (Å²) in [5, 5.41) is 13.4. The van der Waals surface area contributed by atoms with Gasteiger partial charge in [-0.15, -0.1) is 0 Å². The lowest BCUT2D eigenvalue weighted by molar-refractivity contribution is -0.141. The van der Waals surface area contributed by atoms with E-state index in [1.54, 1.807) is 29.1 Å². The van der Waals surface area contributed by atoms with Gasteiger partial charge in [-0.1, -0.05) is 6.07 Å². The molecule has 1 aliphatic heterocycles. The van der Waals surface area contributed by atoms with Gasteiger partial charge in [0, 0.05) is 43.2 Å². The first-order valence-electron chi connectivity index (χ1n) is 9.71. The second kappa shape index (κ2) is 8.39. The lowest BCUT2D eigenvalue weighted by atomic mass is 9.93. The van der Waals surface area contributed by atoms with E-state index in [-0.39, 0.29) is 24.2 Å². The molecule has 0 bridgehead atoms. The van der Waals surface area contributed by atoms with Crippen LogP contribution in [-0.2, 0) is 12.7 Å². The standard InChI is InChI=1S/C20H21F3N6O/c21-20(22,23)17-13-18(27-19(26-17)15-3-1-2-7-24-15)28-9-5-14(6-10-28)16-4-8-25-29(16)11-12-30/h1-4,7-8,13-14,30H,5-6,9-12H2. The first-order chi connectivity index (χ1) is 14.5. The Morgan fingerprint density at radius 3 is 2.53 bits per heavy atom. The number of aliphatic hydroxyl groups is 1. The minimum atomic E-state index is -4.57. The van der Waals surface area contributed by atoms with E-state index < -0.39 is 11.9 Å². The molecule has 1 N–H and O–H groups in total. The molecule has 0 spiro atoms. The number of hydrogen-bond donors (Lipinski definition) is 1. The molecule has 4 rings (SSSR count). The normalized spacial score (nSPS) is 15.5. The number of hydrogen-bond acceptors (Lipinski definition) is 6. The maximum absolute atomic E-state index is 13.4. The molecule has 30 heavy (non-hydrogen) atoms. The number of anilines is 1. The molecule has 0 saturated carbocycles. The highest BCUT2D eigenvalue weighted by Crippen LogP contribution is 2.34. The third kappa shape index (κ3) is 4.28. The van der Waals surface area contributed by atoms with Crippen molar-refractivity contribution in [1.82, 2.24) is 24.7 Å². The summed E-state index contributed by atoms with van der Waals surface area (Å²) < 4.78 is 42.1. The average Bonchev–Trinajstić information content (AvgIpc) is 3.22. The van der Waals surface area contributed by atoms with Gasteiger partial charge in [-0.25, -0.2) is 9.97 Å². The van der Waals surface area contributed by atoms with Crippen molar-refractivity contribution in [3.63, 3.8) is 0 Å². The van der Waals surface area contributed by atoms with Gasteiger partial charge in [-0.05, 0) is 31.0 Å². The predicted molar refractivity (Wildman–Crippen MR) is 104 cm³/mol. The number of rotatable bonds is 5. The average molecular weight is 418 g/mol. The zero-order valence-corrected chi connectivity index (χ0v) is 16.1. The number of nitrogens with zero attached hydrogens (tertiary/aromatic N) is 6. The van der Waals surface area contributed by atoms with Crippen LogP contribution in [0.1, 0.15) is 30.1 Å². The number of piperidine rings is 1. The number of alkyl halides is 3. The number of aliphatic hydroxyl groups excluding tert-OH is 1. The van der Waals surface area contributed by atoms with Gasteiger partial charge in [0.2, 0.25) is 0 Å². The Hall–Kier alpha value is -3.01. The Bertz CT molecular complexity index is 984. The Kier molecular flexibility index (Phi) is 5.67. The van der Waals surface area contributed by atoms with Crippen molar-refractivity contribution in [1.29, 1.82) is 0 Å². The molecule has 1 aliphatic rings. The van der Waals surface area contributed by atoms with E-state index in [2.05, 4.69) is 20.1 Å². The SMILES string of the molecule is OCCn1nccc1C1CCN(c2cc(C(F)(F)F)nc(-c3ccccn3)n2)CC1. The van der Waals surface area contributed by atoms with Crippen molar-refractivity contribution >= 4 is 5.82 Å². The summed E-state index contributed by atoms with van der Waals surface area (Å²) in [5.41, 5.74) is 0.362. The first kappa shape index (κ1) is 20.3. The minimum absolute atomic E-state index is 0.00494. The Morgan fingerprint density at radius 1 is 1.07 bits per heavy atom. The van der Waals surface area contributed by atoms with Crippen LogP contribution in [0.4, 0.5) is 19.0 Å². The molecule has 4 heterocycles. The van der Waals surface area contributed by atoms with Crippen molar-refractivity contribution in [2.75, 3.05) is 24.6 Å². The van der Waals surface area contributed by atoms with Gasteiger partial charge in [0.15, 0.2) is 11.5 Å². The highest BCUT2D eigenvalue weighted by atomic mass is 19.4. The van der Waals surface area contributed by atoms with Crippen LogP contribution in [0.15, 0.2) is 42.7 Å². The van der Waals surface area contributed by atoms with E-state index >= 15 is 0 Å². The fourth-order valence-electron chi connectivity index (χ4n) is 3.73. The van der Waals surface area contributed by atoms with E-state index in [4.69, 9.17) is 0 Å². The zero-order chi connectivity index (χ0) is 21.1. The summed E-state index contributed by atoms with van der Waals surface area (Å²) in [6.45, 7) is 1.55. The predicted octanol–water partition coefficient (Wildman–Crippen LogP) is 3.13. The molecule has 7 nitrogen and oxygen atoms in total. The molecule has 0 radical (unpaired) electrons. The van der Waals surface area contributed by atoms with Crippen molar-refractivity contribution in [3.05, 3.63) is 54.1 Å². The summed E-state index contributed by atoms with van der Waals surface area (Å²) >= 11 is 0. The van der Waals surface area contributed by atoms with E-state index in [9.17, 15) is 18.3 Å². The van der Waals surface area contributed by atoms with E-state index in [1.807, 2.05) is 11.0 Å². The number of halogens is 3. The van der Waals surface area contributed by atoms with Crippen molar-refractivity contribution < 1.29 is 18.3 Å². The van der Waals surface area contributed by atoms with Crippen LogP contribution in [0.25, 0.3) is 11.5 Å². The molecule has 1 saturated heterocycles. The van der Waals surface area contributed by atoms with Gasteiger partial charge in [-0.2, -0.15) is 18.3 Å². The summed E-state index contributed by atoms with van der Waals surface area (Å²) in [6, 6.07) is 7.90. The van der Waals surface area contributed by atoms with Crippen LogP contribution in [-0.4, -0.2) is 49.5 Å². The molecule has 3 aromatic heterocycles. The summed E-state index contributed by atoms with van der Waals surface area (Å²) in [5.74, 6) is 0.443. The molecule has 0 amide bonds. The van der Waals surface area contributed by atoms with Crippen LogP contribution < -0.4 is 4.90 Å². The topological polar surface area (TPSA) is 80.0 Å². The third-order valence-corrected chi connectivity index (χ3v) is 5.20. The van der Waals surface area contributed by atoms with Crippen LogP contribution in [0.5, 0.6) is 0 Å².